The van der Waals surface area contributed by atoms with E-state index in [1.165, 1.54) is 64.7 Å². The number of rotatable bonds is 48. The molecule has 10 N–H and O–H groups in total. The van der Waals surface area contributed by atoms with E-state index in [0.29, 0.717) is 104 Å². The highest BCUT2D eigenvalue weighted by Gasteiger charge is 2.27. The minimum atomic E-state index is -0.940. The van der Waals surface area contributed by atoms with E-state index in [1.807, 2.05) is 79.1 Å². The summed E-state index contributed by atoms with van der Waals surface area (Å²) in [5.41, 5.74) is 11.1. The summed E-state index contributed by atoms with van der Waals surface area (Å²) in [5.74, 6) is 1.21. The molecular weight excluding hydrogens is 1830 g/mol. The second-order valence-electron chi connectivity index (χ2n) is 29.6. The number of alkyl halides is 6. The lowest BCUT2D eigenvalue weighted by Gasteiger charge is -2.26. The Hall–Kier alpha value is -8.76. The van der Waals surface area contributed by atoms with E-state index >= 15 is 0 Å². The molecule has 0 spiro atoms. The highest BCUT2D eigenvalue weighted by molar-refractivity contribution is 14.1. The average Bonchev–Trinajstić information content (AvgIpc) is 0.852. The molecule has 44 heteroatoms. The molecular formula is C80H114B4Cl5IN10O24. The molecule has 0 amide bonds. The smallest absolute Gasteiger partial charge is 0.310 e. The van der Waals surface area contributed by atoms with Crippen LogP contribution in [-0.2, 0) is 66.9 Å². The number of carboxylic acid groups (broad SMARTS) is 1. The third-order valence-electron chi connectivity index (χ3n) is 14.3. The summed E-state index contributed by atoms with van der Waals surface area (Å²) in [5, 5.41) is 49.8. The first-order chi connectivity index (χ1) is 58.4. The van der Waals surface area contributed by atoms with Crippen molar-refractivity contribution >= 4 is 200 Å². The number of nitro benzene ring substituents is 2. The zero-order valence-electron chi connectivity index (χ0n) is 71.7. The summed E-state index contributed by atoms with van der Waals surface area (Å²) in [6.45, 7) is 24.5. The lowest BCUT2D eigenvalue weighted by molar-refractivity contribution is -0.386. The summed E-state index contributed by atoms with van der Waals surface area (Å²) < 4.78 is 44.4. The number of nitrogens with zero attached hydrogens (tertiary/aromatic N) is 4. The summed E-state index contributed by atoms with van der Waals surface area (Å²) >= 11 is 30.4. The fourth-order valence-electron chi connectivity index (χ4n) is 9.50. The number of hydrogen-bond acceptors (Lipinski definition) is 31. The van der Waals surface area contributed by atoms with Crippen LogP contribution in [0.5, 0.6) is 28.7 Å². The fraction of sp³-hybridized carbons (Fsp3) is 0.500. The summed E-state index contributed by atoms with van der Waals surface area (Å²) in [4.78, 5) is 133. The maximum Gasteiger partial charge on any atom is 0.310 e. The Bertz CT molecular complexity index is 3930. The van der Waals surface area contributed by atoms with E-state index < -0.39 is 62.3 Å². The molecule has 5 rings (SSSR count). The van der Waals surface area contributed by atoms with E-state index in [4.69, 9.17) is 122 Å². The summed E-state index contributed by atoms with van der Waals surface area (Å²) in [6.07, 6.45) is 3.30. The predicted molar refractivity (Wildman–Crippen MR) is 496 cm³/mol. The Kier molecular flexibility index (Phi) is 63.9. The molecule has 0 aliphatic rings. The van der Waals surface area contributed by atoms with Gasteiger partial charge in [0.25, 0.3) is 29.7 Å². The molecule has 4 radical (unpaired) electrons. The minimum absolute atomic E-state index is 0.0472. The Balaban J connectivity index is 0. The first kappa shape index (κ1) is 117. The number of nitro groups is 2. The van der Waals surface area contributed by atoms with Gasteiger partial charge in [-0.3, -0.25) is 44.2 Å². The molecule has 0 saturated carbocycles. The van der Waals surface area contributed by atoms with E-state index in [9.17, 15) is 63.4 Å². The van der Waals surface area contributed by atoms with E-state index in [-0.39, 0.29) is 117 Å². The lowest BCUT2D eigenvalue weighted by atomic mass is 9.96. The topological polar surface area (TPSA) is 478 Å². The quantitative estimate of drug-likeness (QED) is 0.00206. The third-order valence-corrected chi connectivity index (χ3v) is 16.1. The number of para-hydroxylation sites is 10. The SMILES string of the molecule is CC(C)(C)OC(=O)C[C@@H](CI)N[B]C=O.CC(C)(C)OC(=O)C[C@@H](COc1ccccc1N(CCCl)CCCl)N[B]C=O.CC(C)(C)OC(=O)C[C@@H](COc1ccccc1N)N[B]C=O.CC(C)(C)OC(=O)C[C@@H](COc1ccccc1[N+](=O)[O-])N[B]C=O.N[C@H](COc1ccccc1N(CCCl)CCCl)CC(=O)O.O=CCCl.O=[N+]([O-])c1ccccc1O. The zero-order chi connectivity index (χ0) is 94.3. The van der Waals surface area contributed by atoms with Crippen LogP contribution in [0.3, 0.4) is 0 Å². The van der Waals surface area contributed by atoms with E-state index in [1.54, 1.807) is 92.6 Å². The molecule has 5 aromatic carbocycles. The van der Waals surface area contributed by atoms with Gasteiger partial charge in [0, 0.05) is 96.5 Å². The van der Waals surface area contributed by atoms with Crippen molar-refractivity contribution in [2.75, 3.05) is 102 Å². The molecule has 0 bridgehead atoms. The van der Waals surface area contributed by atoms with Gasteiger partial charge in [-0.1, -0.05) is 83.3 Å². The molecule has 5 atom stereocenters. The second kappa shape index (κ2) is 67.6. The number of aromatic hydroxyl groups is 1. The average molecular weight is 1950 g/mol. The standard InChI is InChI=1S/C19H28BCl2N2O4.C15H20BN2O6.C15H22BN2O4.C14H20Cl2N2O3.C9H16BINO3.C6H5NO3.C2H3ClO/c1-19(2,3)28-18(26)12-15(23-20-14-25)13-27-17-7-5-4-6-16(17)24(10-8-21)11-9-22;1-15(2,3)24-14(20)8-11(17-16-10-19)9-23-13-7-5-4-6-12(13)18(21)22;1-15(2,3)22-14(20)8-11(18-16-10-19)9-21-13-7-5-4-6-12(13)17;15-5-7-18(8-6-16)12-3-1-2-4-13(12)21-10-11(17)9-14(19)20;1-9(2,3)15-8(14)4-7(5-11)12-10-6-13;8-6-4-2-1-3-5(6)7(9)10;3-1-2-4/h4-7,14-15,23H,8-13H2,1-3H3;4-7,10-11,17H,8-9H2,1-3H3;4-7,10-11,18H,8-9,17H2,1-3H3;1-4,11H,5-10,17H2,(H,19,20);6-7,12H,4-5H2,1-3H3;1-4,8H;2H,1H2/t15-;3*11-;7-;;/m00000../s1. The van der Waals surface area contributed by atoms with Crippen LogP contribution >= 0.6 is 80.6 Å². The molecule has 682 valence electrons. The van der Waals surface area contributed by atoms with Crippen molar-refractivity contribution in [3.63, 3.8) is 0 Å². The third kappa shape index (κ3) is 60.8. The number of nitrogens with two attached hydrogens (primary N) is 2. The molecule has 0 fully saturated rings. The van der Waals surface area contributed by atoms with Crippen LogP contribution in [0.2, 0.25) is 0 Å². The molecule has 0 aliphatic carbocycles. The Morgan fingerprint density at radius 3 is 1.03 bits per heavy atom. The van der Waals surface area contributed by atoms with Gasteiger partial charge in [0.15, 0.2) is 11.5 Å². The molecule has 0 unspecified atom stereocenters. The Labute approximate surface area is 767 Å². The zero-order valence-corrected chi connectivity index (χ0v) is 77.6. The molecule has 0 heterocycles. The second-order valence-corrected chi connectivity index (χ2v) is 32.3. The minimum Gasteiger partial charge on any atom is -0.502 e. The predicted octanol–water partition coefficient (Wildman–Crippen LogP) is 10.3. The van der Waals surface area contributed by atoms with Gasteiger partial charge in [-0.2, -0.15) is 0 Å². The number of benzene rings is 5. The normalized spacial score (nSPS) is 11.8. The first-order valence-electron chi connectivity index (χ1n) is 38.4. The van der Waals surface area contributed by atoms with E-state index in [2.05, 4.69) is 43.5 Å². The van der Waals surface area contributed by atoms with Crippen molar-refractivity contribution in [3.8, 4) is 28.7 Å². The maximum absolute atomic E-state index is 12.1. The number of carboxylic acids is 1. The number of hydrogen-bond donors (Lipinski definition) is 8. The van der Waals surface area contributed by atoms with Gasteiger partial charge in [0.2, 0.25) is 0 Å². The van der Waals surface area contributed by atoms with Gasteiger partial charge in [0.1, 0.15) is 72.4 Å². The monoisotopic (exact) mass is 1940 g/mol. The number of halogens is 6. The number of phenols is 1. The van der Waals surface area contributed by atoms with Gasteiger partial charge in [-0.15, -0.1) is 58.0 Å². The number of nitrogens with one attached hydrogen (secondary N) is 4. The Morgan fingerprint density at radius 1 is 0.452 bits per heavy atom. The number of aldehydes is 1. The van der Waals surface area contributed by atoms with Crippen LogP contribution in [0.15, 0.2) is 121 Å². The molecule has 0 saturated heterocycles. The highest BCUT2D eigenvalue weighted by atomic mass is 127. The first-order valence-corrected chi connectivity index (χ1v) is 42.6. The van der Waals surface area contributed by atoms with Crippen LogP contribution in [0, 0.1) is 20.2 Å². The van der Waals surface area contributed by atoms with Crippen molar-refractivity contribution in [2.45, 2.75) is 168 Å². The summed E-state index contributed by atoms with van der Waals surface area (Å²) in [7, 11) is 4.91. The number of carbonyl (C=O) groups excluding carboxylic acids is 9. The lowest BCUT2D eigenvalue weighted by Crippen LogP contribution is -2.41. The van der Waals surface area contributed by atoms with Crippen molar-refractivity contribution in [2.24, 2.45) is 5.73 Å². The highest BCUT2D eigenvalue weighted by Crippen LogP contribution is 2.31. The maximum atomic E-state index is 12.1. The number of phenolic OH excluding ortho intramolecular Hbond substituents is 1. The van der Waals surface area contributed by atoms with Crippen LogP contribution in [-0.4, -0.2) is 250 Å². The van der Waals surface area contributed by atoms with Crippen LogP contribution in [0.1, 0.15) is 115 Å². The number of ether oxygens (including phenoxy) is 8. The van der Waals surface area contributed by atoms with Crippen molar-refractivity contribution in [3.05, 3.63) is 142 Å². The van der Waals surface area contributed by atoms with Crippen molar-refractivity contribution in [1.29, 1.82) is 0 Å². The van der Waals surface area contributed by atoms with Crippen molar-refractivity contribution in [1.82, 2.24) is 20.9 Å². The summed E-state index contributed by atoms with van der Waals surface area (Å²) in [6, 6.07) is 31.6. The molecule has 124 heavy (non-hydrogen) atoms. The molecule has 0 aliphatic heterocycles. The molecule has 34 nitrogen and oxygen atoms in total. The van der Waals surface area contributed by atoms with Crippen LogP contribution in [0.25, 0.3) is 0 Å². The van der Waals surface area contributed by atoms with Gasteiger partial charge in [0.05, 0.1) is 89.6 Å². The number of nitrogen functional groups attached to an aromatic ring is 1. The Morgan fingerprint density at radius 2 is 0.734 bits per heavy atom. The van der Waals surface area contributed by atoms with Gasteiger partial charge < -0.3 is 114 Å². The van der Waals surface area contributed by atoms with E-state index in [0.717, 1.165) is 23.2 Å². The molecule has 5 aromatic rings. The van der Waals surface area contributed by atoms with Crippen LogP contribution in [0.4, 0.5) is 28.4 Å². The number of aliphatic carboxylic acids is 1. The fourth-order valence-corrected chi connectivity index (χ4v) is 10.9. The molecule has 0 aromatic heterocycles. The van der Waals surface area contributed by atoms with Crippen molar-refractivity contribution < 1.29 is 106 Å². The van der Waals surface area contributed by atoms with Gasteiger partial charge >= 0.3 is 41.2 Å². The van der Waals surface area contributed by atoms with Gasteiger partial charge in [-0.05, 0) is 132 Å². The number of anilines is 3. The largest absolute Gasteiger partial charge is 0.502 e. The van der Waals surface area contributed by atoms with Gasteiger partial charge in [-0.25, -0.2) is 0 Å². The van der Waals surface area contributed by atoms with Crippen LogP contribution < -0.4 is 61.1 Å². The number of carbonyl (C=O) groups is 10. The number of esters is 4.